The van der Waals surface area contributed by atoms with Gasteiger partial charge in [0, 0.05) is 5.02 Å². The summed E-state index contributed by atoms with van der Waals surface area (Å²) in [5.74, 6) is -1.46. The Bertz CT molecular complexity index is 739. The molecule has 0 fully saturated rings. The van der Waals surface area contributed by atoms with E-state index >= 15 is 0 Å². The van der Waals surface area contributed by atoms with E-state index in [0.717, 1.165) is 6.07 Å². The highest BCUT2D eigenvalue weighted by atomic mass is 35.5. The minimum atomic E-state index is -0.835. The smallest absolute Gasteiger partial charge is 0.347 e. The fraction of sp³-hybridized carbons (Fsp3) is 0.222. The third-order valence-corrected chi connectivity index (χ3v) is 3.44. The number of hydrogen-bond donors (Lipinski definition) is 1. The first-order valence-corrected chi connectivity index (χ1v) is 8.00. The lowest BCUT2D eigenvalue weighted by Crippen LogP contribution is -2.31. The number of nitrogens with one attached hydrogen (secondary N) is 1. The van der Waals surface area contributed by atoms with E-state index in [4.69, 9.17) is 21.1 Å². The summed E-state index contributed by atoms with van der Waals surface area (Å²) in [4.78, 5) is 23.8. The zero-order chi connectivity index (χ0) is 18.2. The number of ether oxygens (including phenoxy) is 2. The van der Waals surface area contributed by atoms with Crippen molar-refractivity contribution in [2.45, 2.75) is 19.4 Å². The number of halogens is 2. The summed E-state index contributed by atoms with van der Waals surface area (Å²) < 4.78 is 24.0. The molecule has 5 nitrogen and oxygen atoms in total. The number of rotatable bonds is 7. The Morgan fingerprint density at radius 3 is 2.60 bits per heavy atom. The van der Waals surface area contributed by atoms with E-state index in [-0.39, 0.29) is 10.7 Å². The molecular weight excluding hydrogens is 349 g/mol. The summed E-state index contributed by atoms with van der Waals surface area (Å²) in [7, 11) is 0. The molecule has 0 bridgehead atoms. The third kappa shape index (κ3) is 5.76. The van der Waals surface area contributed by atoms with Crippen LogP contribution in [0.4, 0.5) is 10.1 Å². The molecule has 2 aromatic rings. The second kappa shape index (κ2) is 9.03. The van der Waals surface area contributed by atoms with Crippen LogP contribution < -0.4 is 10.1 Å². The van der Waals surface area contributed by atoms with Crippen molar-refractivity contribution < 1.29 is 23.5 Å². The second-order valence-electron chi connectivity index (χ2n) is 5.11. The quantitative estimate of drug-likeness (QED) is 0.757. The summed E-state index contributed by atoms with van der Waals surface area (Å²) in [6, 6.07) is 12.6. The lowest BCUT2D eigenvalue weighted by atomic mass is 10.2. The Morgan fingerprint density at radius 1 is 1.20 bits per heavy atom. The Hall–Kier alpha value is -2.60. The molecule has 1 amide bonds. The molecule has 0 saturated carbocycles. The molecule has 0 unspecified atom stereocenters. The summed E-state index contributed by atoms with van der Waals surface area (Å²) in [5, 5.41) is 2.57. The van der Waals surface area contributed by atoms with E-state index in [1.54, 1.807) is 31.2 Å². The van der Waals surface area contributed by atoms with Crippen LogP contribution in [0.25, 0.3) is 0 Å². The van der Waals surface area contributed by atoms with Gasteiger partial charge in [0.1, 0.15) is 11.6 Å². The topological polar surface area (TPSA) is 64.6 Å². The molecule has 0 aliphatic rings. The van der Waals surface area contributed by atoms with Crippen molar-refractivity contribution in [3.8, 4) is 5.75 Å². The van der Waals surface area contributed by atoms with Gasteiger partial charge < -0.3 is 14.8 Å². The molecule has 2 aromatic carbocycles. The van der Waals surface area contributed by atoms with Crippen LogP contribution in [-0.4, -0.2) is 24.6 Å². The molecule has 0 aliphatic heterocycles. The first kappa shape index (κ1) is 18.7. The van der Waals surface area contributed by atoms with Gasteiger partial charge >= 0.3 is 5.97 Å². The van der Waals surface area contributed by atoms with Crippen LogP contribution in [-0.2, 0) is 14.3 Å². The van der Waals surface area contributed by atoms with Crippen LogP contribution in [0.15, 0.2) is 48.5 Å². The number of carbonyl (C=O) groups excluding carboxylic acids is 2. The number of hydrogen-bond acceptors (Lipinski definition) is 4. The first-order chi connectivity index (χ1) is 12.0. The zero-order valence-electron chi connectivity index (χ0n) is 13.5. The molecule has 0 saturated heterocycles. The molecule has 25 heavy (non-hydrogen) atoms. The number of amides is 1. The maximum absolute atomic E-state index is 13.6. The number of anilines is 1. The van der Waals surface area contributed by atoms with E-state index in [1.165, 1.54) is 12.1 Å². The average Bonchev–Trinajstić information content (AvgIpc) is 2.61. The molecule has 0 spiro atoms. The van der Waals surface area contributed by atoms with Crippen LogP contribution in [0, 0.1) is 5.82 Å². The third-order valence-electron chi connectivity index (χ3n) is 3.20. The molecule has 0 aliphatic carbocycles. The summed E-state index contributed by atoms with van der Waals surface area (Å²) in [6.45, 7) is 1.20. The van der Waals surface area contributed by atoms with Crippen LogP contribution in [0.1, 0.15) is 13.3 Å². The highest BCUT2D eigenvalue weighted by molar-refractivity contribution is 6.30. The van der Waals surface area contributed by atoms with Crippen LogP contribution in [0.3, 0.4) is 0 Å². The van der Waals surface area contributed by atoms with Gasteiger partial charge in [-0.15, -0.1) is 0 Å². The van der Waals surface area contributed by atoms with E-state index in [9.17, 15) is 14.0 Å². The highest BCUT2D eigenvalue weighted by Gasteiger charge is 2.21. The molecular formula is C18H17ClFNO4. The maximum atomic E-state index is 13.6. The monoisotopic (exact) mass is 365 g/mol. The van der Waals surface area contributed by atoms with Crippen molar-refractivity contribution in [3.63, 3.8) is 0 Å². The van der Waals surface area contributed by atoms with Gasteiger partial charge in [0.05, 0.1) is 5.69 Å². The van der Waals surface area contributed by atoms with Gasteiger partial charge in [-0.1, -0.05) is 36.7 Å². The van der Waals surface area contributed by atoms with Crippen molar-refractivity contribution in [2.24, 2.45) is 0 Å². The van der Waals surface area contributed by atoms with Gasteiger partial charge in [-0.25, -0.2) is 9.18 Å². The second-order valence-corrected chi connectivity index (χ2v) is 5.54. The minimum absolute atomic E-state index is 0.0823. The predicted octanol–water partition coefficient (Wildman–Crippen LogP) is 3.82. The summed E-state index contributed by atoms with van der Waals surface area (Å²) in [5.41, 5.74) is -0.0823. The van der Waals surface area contributed by atoms with Crippen LogP contribution in [0.2, 0.25) is 5.02 Å². The maximum Gasteiger partial charge on any atom is 0.347 e. The van der Waals surface area contributed by atoms with E-state index in [2.05, 4.69) is 5.32 Å². The van der Waals surface area contributed by atoms with E-state index in [1.807, 2.05) is 6.07 Å². The van der Waals surface area contributed by atoms with Crippen molar-refractivity contribution >= 4 is 29.2 Å². The predicted molar refractivity (Wildman–Crippen MR) is 92.1 cm³/mol. The molecule has 0 aromatic heterocycles. The van der Waals surface area contributed by atoms with Gasteiger partial charge in [0.15, 0.2) is 12.7 Å². The van der Waals surface area contributed by atoms with Crippen LogP contribution in [0.5, 0.6) is 5.75 Å². The van der Waals surface area contributed by atoms with Gasteiger partial charge in [-0.3, -0.25) is 4.79 Å². The number of benzene rings is 2. The van der Waals surface area contributed by atoms with Gasteiger partial charge in [0.25, 0.3) is 5.91 Å². The fourth-order valence-electron chi connectivity index (χ4n) is 1.97. The van der Waals surface area contributed by atoms with Crippen LogP contribution >= 0.6 is 11.6 Å². The molecule has 2 rings (SSSR count). The Balaban J connectivity index is 1.87. The lowest BCUT2D eigenvalue weighted by Gasteiger charge is -2.16. The van der Waals surface area contributed by atoms with Crippen molar-refractivity contribution in [1.82, 2.24) is 0 Å². The first-order valence-electron chi connectivity index (χ1n) is 7.63. The Morgan fingerprint density at radius 2 is 1.92 bits per heavy atom. The number of carbonyl (C=O) groups is 2. The van der Waals surface area contributed by atoms with E-state index < -0.39 is 30.4 Å². The zero-order valence-corrected chi connectivity index (χ0v) is 14.3. The van der Waals surface area contributed by atoms with Crippen molar-refractivity contribution in [3.05, 3.63) is 59.4 Å². The molecule has 1 atom stereocenters. The summed E-state index contributed by atoms with van der Waals surface area (Å²) in [6.07, 6.45) is -0.462. The highest BCUT2D eigenvalue weighted by Crippen LogP contribution is 2.19. The Labute approximate surface area is 149 Å². The largest absolute Gasteiger partial charge is 0.479 e. The minimum Gasteiger partial charge on any atom is -0.479 e. The molecule has 0 radical (unpaired) electrons. The lowest BCUT2D eigenvalue weighted by molar-refractivity contribution is -0.154. The van der Waals surface area contributed by atoms with Gasteiger partial charge in [0.2, 0.25) is 0 Å². The molecule has 7 heteroatoms. The molecule has 1 N–H and O–H groups in total. The number of esters is 1. The summed E-state index contributed by atoms with van der Waals surface area (Å²) >= 11 is 5.75. The standard InChI is InChI=1S/C18H17ClFNO4/c1-2-16(25-13-6-4-3-5-7-13)18(23)24-11-17(22)21-15-10-12(19)8-9-14(15)20/h3-10,16H,2,11H2,1H3,(H,21,22)/t16-/m0/s1. The molecule has 132 valence electrons. The fourth-order valence-corrected chi connectivity index (χ4v) is 2.14. The normalized spacial score (nSPS) is 11.5. The molecule has 0 heterocycles. The van der Waals surface area contributed by atoms with E-state index in [0.29, 0.717) is 12.2 Å². The van der Waals surface area contributed by atoms with Gasteiger partial charge in [-0.05, 0) is 36.8 Å². The van der Waals surface area contributed by atoms with Crippen molar-refractivity contribution in [1.29, 1.82) is 0 Å². The number of para-hydroxylation sites is 1. The van der Waals surface area contributed by atoms with Gasteiger partial charge in [-0.2, -0.15) is 0 Å². The average molecular weight is 366 g/mol. The Kier molecular flexibility index (Phi) is 6.77. The van der Waals surface area contributed by atoms with Crippen molar-refractivity contribution in [2.75, 3.05) is 11.9 Å². The SMILES string of the molecule is CC[C@H](Oc1ccccc1)C(=O)OCC(=O)Nc1cc(Cl)ccc1F.